The molecule has 2 N–H and O–H groups in total. The largest absolute Gasteiger partial charge is 0.493 e. The predicted molar refractivity (Wildman–Crippen MR) is 102 cm³/mol. The molecule has 0 aliphatic rings. The normalized spacial score (nSPS) is 10.2. The Bertz CT molecular complexity index is 745. The number of benzene rings is 2. The average Bonchev–Trinajstić information content (AvgIpc) is 2.61. The maximum atomic E-state index is 12.6. The van der Waals surface area contributed by atoms with Gasteiger partial charge < -0.3 is 15.4 Å². The van der Waals surface area contributed by atoms with Crippen molar-refractivity contribution < 1.29 is 14.3 Å². The van der Waals surface area contributed by atoms with E-state index in [0.717, 1.165) is 10.9 Å². The molecule has 0 saturated carbocycles. The van der Waals surface area contributed by atoms with Crippen LogP contribution in [-0.2, 0) is 0 Å². The van der Waals surface area contributed by atoms with E-state index < -0.39 is 0 Å². The average molecular weight is 405 g/mol. The number of amides is 2. The summed E-state index contributed by atoms with van der Waals surface area (Å²) < 4.78 is 6.44. The quantitative estimate of drug-likeness (QED) is 0.724. The third-order valence-electron chi connectivity index (χ3n) is 3.39. The first-order valence-corrected chi connectivity index (χ1v) is 8.96. The van der Waals surface area contributed by atoms with E-state index in [4.69, 9.17) is 4.74 Å². The molecule has 0 fully saturated rings. The highest BCUT2D eigenvalue weighted by Gasteiger charge is 2.14. The first-order chi connectivity index (χ1) is 12.0. The fourth-order valence-electron chi connectivity index (χ4n) is 2.18. The van der Waals surface area contributed by atoms with Crippen LogP contribution < -0.4 is 15.4 Å². The highest BCUT2D eigenvalue weighted by Crippen LogP contribution is 2.24. The fraction of sp³-hybridized carbons (Fsp3) is 0.263. The molecular weight excluding hydrogens is 384 g/mol. The standard InChI is InChI=1S/C19H21BrN2O3/c1-3-11-25-17-10-7-14(20)12-16(17)19(24)22-15-8-5-13(6-9-15)18(23)21-4-2/h5-10,12H,3-4,11H2,1-2H3,(H,21,23)(H,22,24). The molecule has 2 aromatic rings. The number of carbonyl (C=O) groups excluding carboxylic acids is 2. The number of rotatable bonds is 7. The molecule has 0 bridgehead atoms. The Morgan fingerprint density at radius 3 is 2.40 bits per heavy atom. The fourth-order valence-corrected chi connectivity index (χ4v) is 2.54. The summed E-state index contributed by atoms with van der Waals surface area (Å²) in [4.78, 5) is 24.3. The van der Waals surface area contributed by atoms with Crippen molar-refractivity contribution in [3.63, 3.8) is 0 Å². The summed E-state index contributed by atoms with van der Waals surface area (Å²) in [5.74, 6) is 0.141. The molecule has 0 radical (unpaired) electrons. The van der Waals surface area contributed by atoms with E-state index in [1.165, 1.54) is 0 Å². The highest BCUT2D eigenvalue weighted by molar-refractivity contribution is 9.10. The van der Waals surface area contributed by atoms with E-state index in [1.54, 1.807) is 36.4 Å². The van der Waals surface area contributed by atoms with Crippen LogP contribution in [0.15, 0.2) is 46.9 Å². The Morgan fingerprint density at radius 1 is 1.04 bits per heavy atom. The molecule has 2 amide bonds. The van der Waals surface area contributed by atoms with Crippen molar-refractivity contribution in [1.82, 2.24) is 5.32 Å². The lowest BCUT2D eigenvalue weighted by Crippen LogP contribution is -2.22. The molecule has 0 atom stereocenters. The monoisotopic (exact) mass is 404 g/mol. The molecule has 2 aromatic carbocycles. The van der Waals surface area contributed by atoms with Crippen molar-refractivity contribution in [1.29, 1.82) is 0 Å². The molecule has 132 valence electrons. The zero-order valence-electron chi connectivity index (χ0n) is 14.3. The highest BCUT2D eigenvalue weighted by atomic mass is 79.9. The van der Waals surface area contributed by atoms with Gasteiger partial charge in [0.2, 0.25) is 0 Å². The Labute approximate surface area is 155 Å². The van der Waals surface area contributed by atoms with Crippen LogP contribution in [-0.4, -0.2) is 25.0 Å². The van der Waals surface area contributed by atoms with Crippen molar-refractivity contribution >= 4 is 33.4 Å². The maximum Gasteiger partial charge on any atom is 0.259 e. The van der Waals surface area contributed by atoms with Crippen LogP contribution in [0.5, 0.6) is 5.75 Å². The van der Waals surface area contributed by atoms with Gasteiger partial charge in [0, 0.05) is 22.3 Å². The number of nitrogens with one attached hydrogen (secondary N) is 2. The van der Waals surface area contributed by atoms with E-state index in [0.29, 0.717) is 35.7 Å². The number of anilines is 1. The van der Waals surface area contributed by atoms with Crippen LogP contribution in [0.25, 0.3) is 0 Å². The van der Waals surface area contributed by atoms with Gasteiger partial charge in [-0.05, 0) is 55.8 Å². The second-order valence-corrected chi connectivity index (χ2v) is 6.30. The molecule has 0 aliphatic heterocycles. The SMILES string of the molecule is CCCOc1ccc(Br)cc1C(=O)Nc1ccc(C(=O)NCC)cc1. The van der Waals surface area contributed by atoms with E-state index in [-0.39, 0.29) is 11.8 Å². The van der Waals surface area contributed by atoms with Gasteiger partial charge in [-0.25, -0.2) is 0 Å². The molecule has 0 unspecified atom stereocenters. The van der Waals surface area contributed by atoms with Crippen molar-refractivity contribution in [2.24, 2.45) is 0 Å². The summed E-state index contributed by atoms with van der Waals surface area (Å²) in [6, 6.07) is 12.1. The van der Waals surface area contributed by atoms with Crippen LogP contribution in [0, 0.1) is 0 Å². The molecule has 0 heterocycles. The lowest BCUT2D eigenvalue weighted by Gasteiger charge is -2.12. The van der Waals surface area contributed by atoms with Gasteiger partial charge in [0.05, 0.1) is 12.2 Å². The van der Waals surface area contributed by atoms with Gasteiger partial charge in [0.1, 0.15) is 5.75 Å². The minimum absolute atomic E-state index is 0.136. The van der Waals surface area contributed by atoms with Crippen molar-refractivity contribution in [3.05, 3.63) is 58.1 Å². The molecule has 25 heavy (non-hydrogen) atoms. The molecular formula is C19H21BrN2O3. The van der Waals surface area contributed by atoms with Crippen LogP contribution >= 0.6 is 15.9 Å². The van der Waals surface area contributed by atoms with Crippen LogP contribution in [0.4, 0.5) is 5.69 Å². The minimum Gasteiger partial charge on any atom is -0.493 e. The number of carbonyl (C=O) groups is 2. The molecule has 0 spiro atoms. The number of hydrogen-bond acceptors (Lipinski definition) is 3. The Kier molecular flexibility index (Phi) is 7.01. The Balaban J connectivity index is 2.14. The number of halogens is 1. The minimum atomic E-state index is -0.266. The Hall–Kier alpha value is -2.34. The molecule has 0 aromatic heterocycles. The summed E-state index contributed by atoms with van der Waals surface area (Å²) in [5, 5.41) is 5.56. The first kappa shape index (κ1) is 19.0. The van der Waals surface area contributed by atoms with Gasteiger partial charge in [-0.1, -0.05) is 22.9 Å². The van der Waals surface area contributed by atoms with Gasteiger partial charge >= 0.3 is 0 Å². The molecule has 2 rings (SSSR count). The third kappa shape index (κ3) is 5.32. The summed E-state index contributed by atoms with van der Waals surface area (Å²) in [7, 11) is 0. The van der Waals surface area contributed by atoms with Gasteiger partial charge in [-0.2, -0.15) is 0 Å². The first-order valence-electron chi connectivity index (χ1n) is 8.17. The van der Waals surface area contributed by atoms with Gasteiger partial charge in [0.25, 0.3) is 11.8 Å². The second kappa shape index (κ2) is 9.22. The molecule has 6 heteroatoms. The van der Waals surface area contributed by atoms with Crippen LogP contribution in [0.2, 0.25) is 0 Å². The predicted octanol–water partition coefficient (Wildman–Crippen LogP) is 4.24. The lowest BCUT2D eigenvalue weighted by atomic mass is 10.1. The molecule has 0 aliphatic carbocycles. The molecule has 5 nitrogen and oxygen atoms in total. The summed E-state index contributed by atoms with van der Waals surface area (Å²) in [5.41, 5.74) is 1.62. The summed E-state index contributed by atoms with van der Waals surface area (Å²) in [6.45, 7) is 4.99. The van der Waals surface area contributed by atoms with Gasteiger partial charge in [0.15, 0.2) is 0 Å². The van der Waals surface area contributed by atoms with Gasteiger partial charge in [-0.3, -0.25) is 9.59 Å². The van der Waals surface area contributed by atoms with Crippen molar-refractivity contribution in [2.45, 2.75) is 20.3 Å². The van der Waals surface area contributed by atoms with E-state index in [1.807, 2.05) is 19.9 Å². The topological polar surface area (TPSA) is 67.4 Å². The summed E-state index contributed by atoms with van der Waals surface area (Å²) >= 11 is 3.38. The lowest BCUT2D eigenvalue weighted by molar-refractivity contribution is 0.0955. The molecule has 0 saturated heterocycles. The third-order valence-corrected chi connectivity index (χ3v) is 3.88. The zero-order valence-corrected chi connectivity index (χ0v) is 15.9. The Morgan fingerprint density at radius 2 is 1.76 bits per heavy atom. The second-order valence-electron chi connectivity index (χ2n) is 5.38. The number of ether oxygens (including phenoxy) is 1. The number of hydrogen-bond donors (Lipinski definition) is 2. The zero-order chi connectivity index (χ0) is 18.2. The van der Waals surface area contributed by atoms with E-state index in [9.17, 15) is 9.59 Å². The smallest absolute Gasteiger partial charge is 0.259 e. The van der Waals surface area contributed by atoms with Crippen molar-refractivity contribution in [2.75, 3.05) is 18.5 Å². The van der Waals surface area contributed by atoms with Gasteiger partial charge in [-0.15, -0.1) is 0 Å². The maximum absolute atomic E-state index is 12.6. The van der Waals surface area contributed by atoms with Crippen LogP contribution in [0.1, 0.15) is 41.0 Å². The summed E-state index contributed by atoms with van der Waals surface area (Å²) in [6.07, 6.45) is 0.860. The van der Waals surface area contributed by atoms with Crippen LogP contribution in [0.3, 0.4) is 0 Å². The van der Waals surface area contributed by atoms with E-state index in [2.05, 4.69) is 26.6 Å². The van der Waals surface area contributed by atoms with E-state index >= 15 is 0 Å². The van der Waals surface area contributed by atoms with Crippen molar-refractivity contribution in [3.8, 4) is 5.75 Å².